The number of hydrogen-bond acceptors (Lipinski definition) is 5. The fourth-order valence-electron chi connectivity index (χ4n) is 1.90. The average molecular weight is 290 g/mol. The molecule has 0 amide bonds. The third-order valence-electron chi connectivity index (χ3n) is 3.00. The van der Waals surface area contributed by atoms with Gasteiger partial charge in [0, 0.05) is 12.1 Å². The Kier molecular flexibility index (Phi) is 3.15. The monoisotopic (exact) mass is 289 g/mol. The molecule has 0 bridgehead atoms. The predicted octanol–water partition coefficient (Wildman–Crippen LogP) is 2.40. The number of aromatic nitrogens is 4. The van der Waals surface area contributed by atoms with Crippen molar-refractivity contribution in [3.05, 3.63) is 46.9 Å². The van der Waals surface area contributed by atoms with E-state index >= 15 is 0 Å². The Morgan fingerprint density at radius 2 is 2.05 bits per heavy atom. The highest BCUT2D eigenvalue weighted by molar-refractivity contribution is 6.30. The molecule has 0 aliphatic carbocycles. The number of nitrogens with zero attached hydrogens (tertiary/aromatic N) is 4. The van der Waals surface area contributed by atoms with E-state index in [1.165, 1.54) is 6.33 Å². The summed E-state index contributed by atoms with van der Waals surface area (Å²) in [5, 5.41) is 17.1. The molecule has 0 saturated carbocycles. The van der Waals surface area contributed by atoms with Gasteiger partial charge >= 0.3 is 0 Å². The van der Waals surface area contributed by atoms with E-state index in [-0.39, 0.29) is 5.75 Å². The molecule has 1 aromatic carbocycles. The Balaban J connectivity index is 1.92. The van der Waals surface area contributed by atoms with Crippen LogP contribution in [-0.2, 0) is 6.54 Å². The lowest BCUT2D eigenvalue weighted by atomic mass is 10.2. The summed E-state index contributed by atoms with van der Waals surface area (Å²) in [4.78, 5) is 8.18. The van der Waals surface area contributed by atoms with Crippen LogP contribution >= 0.6 is 11.6 Å². The standard InChI is InChI=1S/C13H12ClN5O/c1-8-11(14)18-13-16-7-17-19(13)12(8)15-6-9-2-4-10(20)5-3-9/h2-5,7,15,20H,6H2,1H3. The third kappa shape index (κ3) is 2.25. The summed E-state index contributed by atoms with van der Waals surface area (Å²) in [6.07, 6.45) is 1.43. The van der Waals surface area contributed by atoms with Crippen molar-refractivity contribution in [3.63, 3.8) is 0 Å². The Labute approximate surface area is 120 Å². The summed E-state index contributed by atoms with van der Waals surface area (Å²) in [5.74, 6) is 1.45. The van der Waals surface area contributed by atoms with Gasteiger partial charge in [0.15, 0.2) is 0 Å². The maximum absolute atomic E-state index is 9.27. The smallest absolute Gasteiger partial charge is 0.255 e. The molecule has 0 aliphatic rings. The number of anilines is 1. The van der Waals surface area contributed by atoms with Crippen LogP contribution in [0.15, 0.2) is 30.6 Å². The molecule has 102 valence electrons. The normalized spacial score (nSPS) is 10.9. The van der Waals surface area contributed by atoms with E-state index in [1.54, 1.807) is 16.6 Å². The Hall–Kier alpha value is -2.34. The van der Waals surface area contributed by atoms with Crippen molar-refractivity contribution in [3.8, 4) is 5.75 Å². The molecule has 0 unspecified atom stereocenters. The number of phenols is 1. The van der Waals surface area contributed by atoms with Crippen molar-refractivity contribution in [1.29, 1.82) is 0 Å². The number of fused-ring (bicyclic) bond motifs is 1. The number of nitrogens with one attached hydrogen (secondary N) is 1. The molecule has 0 radical (unpaired) electrons. The first-order valence-corrected chi connectivity index (χ1v) is 6.40. The van der Waals surface area contributed by atoms with Crippen molar-refractivity contribution in [2.24, 2.45) is 0 Å². The molecule has 0 aliphatic heterocycles. The van der Waals surface area contributed by atoms with Crippen LogP contribution in [0.3, 0.4) is 0 Å². The van der Waals surface area contributed by atoms with Crippen LogP contribution in [0.1, 0.15) is 11.1 Å². The Morgan fingerprint density at radius 3 is 2.80 bits per heavy atom. The van der Waals surface area contributed by atoms with Crippen LogP contribution in [0, 0.1) is 6.92 Å². The number of rotatable bonds is 3. The summed E-state index contributed by atoms with van der Waals surface area (Å²) in [7, 11) is 0. The first kappa shape index (κ1) is 12.7. The largest absolute Gasteiger partial charge is 0.508 e. The number of halogens is 1. The summed E-state index contributed by atoms with van der Waals surface area (Å²) in [5.41, 5.74) is 1.84. The van der Waals surface area contributed by atoms with E-state index in [9.17, 15) is 5.11 Å². The Bertz CT molecular complexity index is 753. The lowest BCUT2D eigenvalue weighted by molar-refractivity contribution is 0.475. The number of hydrogen-bond donors (Lipinski definition) is 2. The minimum atomic E-state index is 0.246. The van der Waals surface area contributed by atoms with Crippen molar-refractivity contribution < 1.29 is 5.11 Å². The van der Waals surface area contributed by atoms with Gasteiger partial charge in [-0.05, 0) is 24.6 Å². The summed E-state index contributed by atoms with van der Waals surface area (Å²) in [6, 6.07) is 6.99. The molecule has 0 spiro atoms. The van der Waals surface area contributed by atoms with Crippen LogP contribution in [0.25, 0.3) is 5.78 Å². The number of benzene rings is 1. The highest BCUT2D eigenvalue weighted by Gasteiger charge is 2.11. The summed E-state index contributed by atoms with van der Waals surface area (Å²) < 4.78 is 1.61. The van der Waals surface area contributed by atoms with Crippen LogP contribution in [0.2, 0.25) is 5.15 Å². The van der Waals surface area contributed by atoms with Gasteiger partial charge in [-0.2, -0.15) is 19.6 Å². The molecule has 0 fully saturated rings. The van der Waals surface area contributed by atoms with Crippen molar-refractivity contribution >= 4 is 23.2 Å². The predicted molar refractivity (Wildman–Crippen MR) is 76.0 cm³/mol. The van der Waals surface area contributed by atoms with E-state index in [1.807, 2.05) is 19.1 Å². The second-order valence-electron chi connectivity index (χ2n) is 4.37. The summed E-state index contributed by atoms with van der Waals surface area (Å²) in [6.45, 7) is 2.45. The molecule has 2 aromatic heterocycles. The molecule has 0 saturated heterocycles. The molecular weight excluding hydrogens is 278 g/mol. The summed E-state index contributed by atoms with van der Waals surface area (Å²) >= 11 is 6.09. The van der Waals surface area contributed by atoms with Crippen LogP contribution < -0.4 is 5.32 Å². The highest BCUT2D eigenvalue weighted by Crippen LogP contribution is 2.22. The Morgan fingerprint density at radius 1 is 1.30 bits per heavy atom. The molecule has 20 heavy (non-hydrogen) atoms. The van der Waals surface area contributed by atoms with E-state index in [4.69, 9.17) is 11.6 Å². The van der Waals surface area contributed by atoms with E-state index in [0.29, 0.717) is 17.5 Å². The molecule has 3 aromatic rings. The van der Waals surface area contributed by atoms with E-state index < -0.39 is 0 Å². The third-order valence-corrected chi connectivity index (χ3v) is 3.37. The SMILES string of the molecule is Cc1c(Cl)nc2ncnn2c1NCc1ccc(O)cc1. The van der Waals surface area contributed by atoms with Gasteiger partial charge < -0.3 is 10.4 Å². The maximum Gasteiger partial charge on any atom is 0.255 e. The van der Waals surface area contributed by atoms with Gasteiger partial charge in [0.1, 0.15) is 23.0 Å². The van der Waals surface area contributed by atoms with Crippen molar-refractivity contribution in [2.45, 2.75) is 13.5 Å². The zero-order chi connectivity index (χ0) is 14.1. The van der Waals surface area contributed by atoms with Gasteiger partial charge in [0.2, 0.25) is 0 Å². The van der Waals surface area contributed by atoms with Crippen LogP contribution in [0.4, 0.5) is 5.82 Å². The van der Waals surface area contributed by atoms with Crippen molar-refractivity contribution in [2.75, 3.05) is 5.32 Å². The minimum Gasteiger partial charge on any atom is -0.508 e. The minimum absolute atomic E-state index is 0.246. The fraction of sp³-hybridized carbons (Fsp3) is 0.154. The second-order valence-corrected chi connectivity index (χ2v) is 4.73. The number of aromatic hydroxyl groups is 1. The molecule has 2 heterocycles. The van der Waals surface area contributed by atoms with Gasteiger partial charge in [-0.3, -0.25) is 0 Å². The first-order chi connectivity index (χ1) is 9.65. The zero-order valence-electron chi connectivity index (χ0n) is 10.7. The average Bonchev–Trinajstić information content (AvgIpc) is 2.89. The topological polar surface area (TPSA) is 75.3 Å². The number of phenolic OH excluding ortho intramolecular Hbond substituents is 1. The van der Waals surface area contributed by atoms with Gasteiger partial charge in [-0.25, -0.2) is 0 Å². The lowest BCUT2D eigenvalue weighted by Crippen LogP contribution is -2.08. The molecule has 7 heteroatoms. The van der Waals surface area contributed by atoms with Gasteiger partial charge in [0.25, 0.3) is 5.78 Å². The van der Waals surface area contributed by atoms with Crippen LogP contribution in [0.5, 0.6) is 5.75 Å². The maximum atomic E-state index is 9.27. The zero-order valence-corrected chi connectivity index (χ0v) is 11.5. The van der Waals surface area contributed by atoms with E-state index in [2.05, 4.69) is 20.4 Å². The fourth-order valence-corrected chi connectivity index (χ4v) is 2.07. The molecule has 3 rings (SSSR count). The van der Waals surface area contributed by atoms with Crippen LogP contribution in [-0.4, -0.2) is 24.7 Å². The van der Waals surface area contributed by atoms with Gasteiger partial charge in [-0.1, -0.05) is 23.7 Å². The second kappa shape index (κ2) is 4.97. The highest BCUT2D eigenvalue weighted by atomic mass is 35.5. The molecule has 2 N–H and O–H groups in total. The van der Waals surface area contributed by atoms with E-state index in [0.717, 1.165) is 16.9 Å². The molecule has 6 nitrogen and oxygen atoms in total. The van der Waals surface area contributed by atoms with Gasteiger partial charge in [0.05, 0.1) is 0 Å². The first-order valence-electron chi connectivity index (χ1n) is 6.03. The lowest BCUT2D eigenvalue weighted by Gasteiger charge is -2.11. The van der Waals surface area contributed by atoms with Crippen molar-refractivity contribution in [1.82, 2.24) is 19.6 Å². The molecule has 0 atom stereocenters. The quantitative estimate of drug-likeness (QED) is 0.724. The van der Waals surface area contributed by atoms with Gasteiger partial charge in [-0.15, -0.1) is 0 Å². The molecular formula is C13H12ClN5O.